The Kier molecular flexibility index (Phi) is 2.54. The molecule has 1 heterocycles. The molecule has 0 unspecified atom stereocenters. The number of rotatable bonds is 1. The van der Waals surface area contributed by atoms with E-state index < -0.39 is 0 Å². The minimum Gasteiger partial charge on any atom is -0.256 e. The van der Waals surface area contributed by atoms with Crippen molar-refractivity contribution in [3.63, 3.8) is 0 Å². The third-order valence-corrected chi connectivity index (χ3v) is 2.99. The Balaban J connectivity index is 2.17. The summed E-state index contributed by atoms with van der Waals surface area (Å²) in [5.74, 6) is 0. The van der Waals surface area contributed by atoms with Crippen molar-refractivity contribution < 1.29 is 0 Å². The van der Waals surface area contributed by atoms with Crippen LogP contribution in [0.1, 0.15) is 0 Å². The summed E-state index contributed by atoms with van der Waals surface area (Å²) in [5, 5.41) is 1.83. The number of benzene rings is 2. The molecule has 0 bridgehead atoms. The summed E-state index contributed by atoms with van der Waals surface area (Å²) in [5.41, 5.74) is 3.23. The molecule has 0 saturated heterocycles. The Morgan fingerprint density at radius 2 is 1.65 bits per heavy atom. The number of nitrogens with zero attached hydrogens (tertiary/aromatic N) is 1. The van der Waals surface area contributed by atoms with Crippen molar-refractivity contribution in [3.05, 3.63) is 65.8 Å². The summed E-state index contributed by atoms with van der Waals surface area (Å²) in [4.78, 5) is 4.43. The van der Waals surface area contributed by atoms with E-state index in [0.29, 0.717) is 0 Å². The van der Waals surface area contributed by atoms with Gasteiger partial charge in [0, 0.05) is 22.2 Å². The second kappa shape index (κ2) is 4.19. The van der Waals surface area contributed by atoms with Crippen LogP contribution in [0.5, 0.6) is 0 Å². The SMILES string of the molecule is Clc1ccc2cc(-c3ccccc3)cnc2c1. The second-order valence-corrected chi connectivity index (χ2v) is 4.36. The van der Waals surface area contributed by atoms with Crippen molar-refractivity contribution in [2.24, 2.45) is 0 Å². The van der Waals surface area contributed by atoms with E-state index in [-0.39, 0.29) is 0 Å². The Bertz CT molecular complexity index is 662. The molecule has 3 rings (SSSR count). The Hall–Kier alpha value is -1.86. The first-order chi connectivity index (χ1) is 8.33. The molecule has 0 aliphatic rings. The van der Waals surface area contributed by atoms with Crippen molar-refractivity contribution in [1.29, 1.82) is 0 Å². The largest absolute Gasteiger partial charge is 0.256 e. The minimum atomic E-state index is 0.720. The quantitative estimate of drug-likeness (QED) is 0.607. The molecule has 0 aliphatic carbocycles. The van der Waals surface area contributed by atoms with Gasteiger partial charge in [-0.1, -0.05) is 48.0 Å². The molecule has 17 heavy (non-hydrogen) atoms. The molecule has 0 fully saturated rings. The summed E-state index contributed by atoms with van der Waals surface area (Å²) in [7, 11) is 0. The topological polar surface area (TPSA) is 12.9 Å². The maximum Gasteiger partial charge on any atom is 0.0717 e. The van der Waals surface area contributed by atoms with Gasteiger partial charge >= 0.3 is 0 Å². The molecule has 1 nitrogen and oxygen atoms in total. The number of aromatic nitrogens is 1. The van der Waals surface area contributed by atoms with E-state index in [2.05, 4.69) is 23.2 Å². The highest BCUT2D eigenvalue weighted by Crippen LogP contribution is 2.24. The first-order valence-electron chi connectivity index (χ1n) is 5.44. The van der Waals surface area contributed by atoms with Crippen molar-refractivity contribution in [3.8, 4) is 11.1 Å². The fraction of sp³-hybridized carbons (Fsp3) is 0. The first kappa shape index (κ1) is 10.3. The Labute approximate surface area is 105 Å². The van der Waals surface area contributed by atoms with Crippen molar-refractivity contribution >= 4 is 22.5 Å². The molecule has 0 saturated carbocycles. The van der Waals surface area contributed by atoms with Crippen LogP contribution in [-0.4, -0.2) is 4.98 Å². The highest BCUT2D eigenvalue weighted by Gasteiger charge is 2.00. The summed E-state index contributed by atoms with van der Waals surface area (Å²) in [6, 6.07) is 18.1. The maximum absolute atomic E-state index is 5.94. The van der Waals surface area contributed by atoms with Crippen LogP contribution in [0.15, 0.2) is 60.8 Å². The smallest absolute Gasteiger partial charge is 0.0717 e. The number of hydrogen-bond donors (Lipinski definition) is 0. The molecule has 2 heteroatoms. The minimum absolute atomic E-state index is 0.720. The van der Waals surface area contributed by atoms with E-state index in [1.807, 2.05) is 42.6 Å². The van der Waals surface area contributed by atoms with E-state index in [1.54, 1.807) is 0 Å². The predicted molar refractivity (Wildman–Crippen MR) is 72.2 cm³/mol. The van der Waals surface area contributed by atoms with Crippen molar-refractivity contribution in [2.75, 3.05) is 0 Å². The van der Waals surface area contributed by atoms with Crippen LogP contribution in [0.2, 0.25) is 5.02 Å². The van der Waals surface area contributed by atoms with E-state index in [1.165, 1.54) is 5.56 Å². The molecule has 82 valence electrons. The van der Waals surface area contributed by atoms with Gasteiger partial charge in [0.05, 0.1) is 5.52 Å². The molecule has 3 aromatic rings. The van der Waals surface area contributed by atoms with Crippen LogP contribution in [-0.2, 0) is 0 Å². The summed E-state index contributed by atoms with van der Waals surface area (Å²) < 4.78 is 0. The summed E-state index contributed by atoms with van der Waals surface area (Å²) >= 11 is 5.94. The van der Waals surface area contributed by atoms with Gasteiger partial charge in [0.1, 0.15) is 0 Å². The fourth-order valence-corrected chi connectivity index (χ4v) is 2.05. The van der Waals surface area contributed by atoms with Gasteiger partial charge in [-0.3, -0.25) is 4.98 Å². The lowest BCUT2D eigenvalue weighted by atomic mass is 10.1. The molecule has 2 aromatic carbocycles. The van der Waals surface area contributed by atoms with Crippen LogP contribution >= 0.6 is 11.6 Å². The van der Waals surface area contributed by atoms with Crippen LogP contribution in [0.4, 0.5) is 0 Å². The molecule has 0 radical (unpaired) electrons. The average Bonchev–Trinajstić information content (AvgIpc) is 2.39. The number of halogens is 1. The molecule has 1 aromatic heterocycles. The van der Waals surface area contributed by atoms with Gasteiger partial charge in [0.25, 0.3) is 0 Å². The lowest BCUT2D eigenvalue weighted by Crippen LogP contribution is -1.82. The number of hydrogen-bond acceptors (Lipinski definition) is 1. The van der Waals surface area contributed by atoms with Crippen LogP contribution in [0, 0.1) is 0 Å². The monoisotopic (exact) mass is 239 g/mol. The van der Waals surface area contributed by atoms with E-state index in [4.69, 9.17) is 11.6 Å². The van der Waals surface area contributed by atoms with Gasteiger partial charge in [0.15, 0.2) is 0 Å². The zero-order valence-corrected chi connectivity index (χ0v) is 9.85. The average molecular weight is 240 g/mol. The van der Waals surface area contributed by atoms with Crippen LogP contribution < -0.4 is 0 Å². The van der Waals surface area contributed by atoms with Crippen molar-refractivity contribution in [1.82, 2.24) is 4.98 Å². The normalized spacial score (nSPS) is 10.6. The summed E-state index contributed by atoms with van der Waals surface area (Å²) in [6.45, 7) is 0. The molecule has 0 spiro atoms. The lowest BCUT2D eigenvalue weighted by molar-refractivity contribution is 1.41. The van der Waals surface area contributed by atoms with Gasteiger partial charge < -0.3 is 0 Å². The molecular weight excluding hydrogens is 230 g/mol. The van der Waals surface area contributed by atoms with Crippen molar-refractivity contribution in [2.45, 2.75) is 0 Å². The number of fused-ring (bicyclic) bond motifs is 1. The molecule has 0 atom stereocenters. The fourth-order valence-electron chi connectivity index (χ4n) is 1.88. The Morgan fingerprint density at radius 1 is 0.824 bits per heavy atom. The summed E-state index contributed by atoms with van der Waals surface area (Å²) in [6.07, 6.45) is 1.88. The van der Waals surface area contributed by atoms with Crippen LogP contribution in [0.25, 0.3) is 22.0 Å². The highest BCUT2D eigenvalue weighted by molar-refractivity contribution is 6.31. The zero-order chi connectivity index (χ0) is 11.7. The van der Waals surface area contributed by atoms with Gasteiger partial charge in [-0.25, -0.2) is 0 Å². The molecule has 0 N–H and O–H groups in total. The standard InChI is InChI=1S/C15H10ClN/c16-14-7-6-12-8-13(10-17-15(12)9-14)11-4-2-1-3-5-11/h1-10H. The highest BCUT2D eigenvalue weighted by atomic mass is 35.5. The second-order valence-electron chi connectivity index (χ2n) is 3.93. The molecule has 0 amide bonds. The van der Waals surface area contributed by atoms with Crippen LogP contribution in [0.3, 0.4) is 0 Å². The molecular formula is C15H10ClN. The molecule has 0 aliphatic heterocycles. The predicted octanol–water partition coefficient (Wildman–Crippen LogP) is 4.56. The number of pyridine rings is 1. The van der Waals surface area contributed by atoms with Gasteiger partial charge in [0.2, 0.25) is 0 Å². The van der Waals surface area contributed by atoms with Gasteiger partial charge in [-0.15, -0.1) is 0 Å². The van der Waals surface area contributed by atoms with Gasteiger partial charge in [-0.2, -0.15) is 0 Å². The first-order valence-corrected chi connectivity index (χ1v) is 5.81. The van der Waals surface area contributed by atoms with E-state index >= 15 is 0 Å². The Morgan fingerprint density at radius 3 is 2.47 bits per heavy atom. The van der Waals surface area contributed by atoms with Gasteiger partial charge in [-0.05, 0) is 23.8 Å². The third-order valence-electron chi connectivity index (χ3n) is 2.75. The maximum atomic E-state index is 5.94. The van der Waals surface area contributed by atoms with E-state index in [0.717, 1.165) is 21.5 Å². The van der Waals surface area contributed by atoms with E-state index in [9.17, 15) is 0 Å². The zero-order valence-electron chi connectivity index (χ0n) is 9.10. The lowest BCUT2D eigenvalue weighted by Gasteiger charge is -2.03. The third kappa shape index (κ3) is 2.02.